The Hall–Kier alpha value is -2.15. The van der Waals surface area contributed by atoms with Gasteiger partial charge in [-0.1, -0.05) is 18.0 Å². The molecule has 0 amide bonds. The molecule has 0 aliphatic carbocycles. The highest BCUT2D eigenvalue weighted by Crippen LogP contribution is 2.35. The second-order valence-electron chi connectivity index (χ2n) is 7.11. The number of piperidine rings is 1. The number of aryl methyl sites for hydroxylation is 1. The maximum Gasteiger partial charge on any atom is 0.271 e. The van der Waals surface area contributed by atoms with E-state index in [1.54, 1.807) is 6.07 Å². The summed E-state index contributed by atoms with van der Waals surface area (Å²) in [5.74, 6) is 2.52. The number of nitro benzene ring substituents is 1. The topological polar surface area (TPSA) is 77.1 Å². The fourth-order valence-corrected chi connectivity index (χ4v) is 4.38. The molecule has 0 unspecified atom stereocenters. The zero-order valence-corrected chi connectivity index (χ0v) is 15.4. The van der Waals surface area contributed by atoms with Gasteiger partial charge in [-0.3, -0.25) is 10.1 Å². The molecule has 0 N–H and O–H groups in total. The monoisotopic (exact) mass is 375 g/mol. The summed E-state index contributed by atoms with van der Waals surface area (Å²) >= 11 is 6.34. The van der Waals surface area contributed by atoms with Gasteiger partial charge in [0.15, 0.2) is 0 Å². The molecule has 2 aromatic rings. The number of aromatic nitrogens is 3. The molecule has 0 radical (unpaired) electrons. The molecule has 4 rings (SSSR count). The van der Waals surface area contributed by atoms with Crippen LogP contribution in [-0.4, -0.2) is 32.8 Å². The van der Waals surface area contributed by atoms with Gasteiger partial charge in [-0.05, 0) is 31.7 Å². The number of fused-ring (bicyclic) bond motifs is 1. The molecule has 1 atom stereocenters. The van der Waals surface area contributed by atoms with Crippen LogP contribution in [-0.2, 0) is 13.0 Å². The summed E-state index contributed by atoms with van der Waals surface area (Å²) in [4.78, 5) is 12.7. The predicted molar refractivity (Wildman–Crippen MR) is 99.9 cm³/mol. The van der Waals surface area contributed by atoms with Crippen LogP contribution in [0.5, 0.6) is 0 Å². The molecule has 138 valence electrons. The highest BCUT2D eigenvalue weighted by Gasteiger charge is 2.28. The number of hydrogen-bond donors (Lipinski definition) is 0. The summed E-state index contributed by atoms with van der Waals surface area (Å²) in [6.45, 7) is 2.72. The molecule has 1 aromatic carbocycles. The van der Waals surface area contributed by atoms with Crippen LogP contribution in [0.1, 0.15) is 49.7 Å². The van der Waals surface area contributed by atoms with Gasteiger partial charge in [0.25, 0.3) is 5.69 Å². The molecule has 3 heterocycles. The SMILES string of the molecule is O=[N+]([O-])c1ccc(N2CCC[C@H](c3nnc4n3CCCCC4)C2)c(Cl)c1. The van der Waals surface area contributed by atoms with Crippen molar-refractivity contribution in [1.29, 1.82) is 0 Å². The highest BCUT2D eigenvalue weighted by molar-refractivity contribution is 6.33. The summed E-state index contributed by atoms with van der Waals surface area (Å²) in [5, 5.41) is 20.3. The Labute approximate surface area is 157 Å². The normalized spacial score (nSPS) is 20.5. The number of benzene rings is 1. The summed E-state index contributed by atoms with van der Waals surface area (Å²) in [7, 11) is 0. The summed E-state index contributed by atoms with van der Waals surface area (Å²) in [6, 6.07) is 4.71. The number of hydrogen-bond acceptors (Lipinski definition) is 5. The van der Waals surface area contributed by atoms with Gasteiger partial charge in [0, 0.05) is 44.1 Å². The van der Waals surface area contributed by atoms with E-state index < -0.39 is 4.92 Å². The first-order valence-electron chi connectivity index (χ1n) is 9.24. The van der Waals surface area contributed by atoms with Gasteiger partial charge >= 0.3 is 0 Å². The van der Waals surface area contributed by atoms with Crippen LogP contribution in [0.15, 0.2) is 18.2 Å². The van der Waals surface area contributed by atoms with E-state index in [1.165, 1.54) is 31.4 Å². The number of halogens is 1. The van der Waals surface area contributed by atoms with Crippen molar-refractivity contribution in [1.82, 2.24) is 14.8 Å². The first-order valence-corrected chi connectivity index (χ1v) is 9.62. The van der Waals surface area contributed by atoms with Crippen LogP contribution < -0.4 is 4.90 Å². The Morgan fingerprint density at radius 3 is 2.85 bits per heavy atom. The van der Waals surface area contributed by atoms with Gasteiger partial charge in [0.05, 0.1) is 15.6 Å². The lowest BCUT2D eigenvalue weighted by molar-refractivity contribution is -0.384. The third-order valence-electron chi connectivity index (χ3n) is 5.41. The smallest absolute Gasteiger partial charge is 0.271 e. The van der Waals surface area contributed by atoms with Gasteiger partial charge in [0.1, 0.15) is 11.6 Å². The molecule has 0 spiro atoms. The molecular weight excluding hydrogens is 354 g/mol. The van der Waals surface area contributed by atoms with Crippen LogP contribution in [0.3, 0.4) is 0 Å². The Kier molecular flexibility index (Phi) is 4.80. The molecule has 2 aliphatic heterocycles. The van der Waals surface area contributed by atoms with Crippen molar-refractivity contribution in [2.24, 2.45) is 0 Å². The van der Waals surface area contributed by atoms with Gasteiger partial charge in [-0.2, -0.15) is 0 Å². The number of nitrogens with zero attached hydrogens (tertiary/aromatic N) is 5. The third-order valence-corrected chi connectivity index (χ3v) is 5.71. The minimum atomic E-state index is -0.417. The van der Waals surface area contributed by atoms with Crippen molar-refractivity contribution in [3.63, 3.8) is 0 Å². The lowest BCUT2D eigenvalue weighted by Crippen LogP contribution is -2.35. The fraction of sp³-hybridized carbons (Fsp3) is 0.556. The Morgan fingerprint density at radius 2 is 2.04 bits per heavy atom. The van der Waals surface area contributed by atoms with Crippen LogP contribution in [0, 0.1) is 10.1 Å². The lowest BCUT2D eigenvalue weighted by Gasteiger charge is -2.34. The predicted octanol–water partition coefficient (Wildman–Crippen LogP) is 3.95. The second-order valence-corrected chi connectivity index (χ2v) is 7.52. The molecule has 1 saturated heterocycles. The van der Waals surface area contributed by atoms with Crippen molar-refractivity contribution in [3.05, 3.63) is 45.0 Å². The van der Waals surface area contributed by atoms with Crippen LogP contribution in [0.25, 0.3) is 0 Å². The van der Waals surface area contributed by atoms with E-state index in [2.05, 4.69) is 19.7 Å². The minimum Gasteiger partial charge on any atom is -0.370 e. The van der Waals surface area contributed by atoms with Gasteiger partial charge in [-0.25, -0.2) is 0 Å². The largest absolute Gasteiger partial charge is 0.370 e. The number of anilines is 1. The Bertz CT molecular complexity index is 822. The molecule has 0 bridgehead atoms. The summed E-state index contributed by atoms with van der Waals surface area (Å²) < 4.78 is 2.32. The zero-order chi connectivity index (χ0) is 18.1. The van der Waals surface area contributed by atoms with E-state index >= 15 is 0 Å². The molecule has 8 heteroatoms. The molecule has 1 aromatic heterocycles. The van der Waals surface area contributed by atoms with E-state index in [1.807, 2.05) is 0 Å². The van der Waals surface area contributed by atoms with Crippen LogP contribution in [0.4, 0.5) is 11.4 Å². The van der Waals surface area contributed by atoms with E-state index in [0.29, 0.717) is 10.9 Å². The molecule has 7 nitrogen and oxygen atoms in total. The zero-order valence-electron chi connectivity index (χ0n) is 14.6. The number of rotatable bonds is 3. The third kappa shape index (κ3) is 3.28. The highest BCUT2D eigenvalue weighted by atomic mass is 35.5. The van der Waals surface area contributed by atoms with Crippen molar-refractivity contribution in [3.8, 4) is 0 Å². The molecule has 1 fully saturated rings. The van der Waals surface area contributed by atoms with Crippen molar-refractivity contribution >= 4 is 23.0 Å². The minimum absolute atomic E-state index is 0.0232. The molecule has 0 saturated carbocycles. The van der Waals surface area contributed by atoms with E-state index in [0.717, 1.165) is 56.2 Å². The standard InChI is InChI=1S/C18H22ClN5O2/c19-15-11-14(24(25)26)7-8-16(15)22-9-4-5-13(12-22)18-21-20-17-6-2-1-3-10-23(17)18/h7-8,11,13H,1-6,9-10,12H2/t13-/m0/s1. The fourth-order valence-electron chi connectivity index (χ4n) is 4.08. The maximum absolute atomic E-state index is 10.9. The first-order chi connectivity index (χ1) is 12.6. The Morgan fingerprint density at radius 1 is 1.15 bits per heavy atom. The van der Waals surface area contributed by atoms with E-state index in [-0.39, 0.29) is 5.69 Å². The lowest BCUT2D eigenvalue weighted by atomic mass is 9.96. The average molecular weight is 376 g/mol. The first kappa shape index (κ1) is 17.3. The Balaban J connectivity index is 1.57. The van der Waals surface area contributed by atoms with Gasteiger partial charge < -0.3 is 9.47 Å². The van der Waals surface area contributed by atoms with Gasteiger partial charge in [0.2, 0.25) is 0 Å². The van der Waals surface area contributed by atoms with Crippen molar-refractivity contribution in [2.75, 3.05) is 18.0 Å². The summed E-state index contributed by atoms with van der Waals surface area (Å²) in [6.07, 6.45) is 6.75. The average Bonchev–Trinajstić information content (AvgIpc) is 2.90. The van der Waals surface area contributed by atoms with Crippen molar-refractivity contribution in [2.45, 2.75) is 51.0 Å². The van der Waals surface area contributed by atoms with E-state index in [4.69, 9.17) is 11.6 Å². The quantitative estimate of drug-likeness (QED) is 0.599. The molecule has 2 aliphatic rings. The van der Waals surface area contributed by atoms with E-state index in [9.17, 15) is 10.1 Å². The van der Waals surface area contributed by atoms with Crippen molar-refractivity contribution < 1.29 is 4.92 Å². The number of nitro groups is 1. The number of non-ortho nitro benzene ring substituents is 1. The van der Waals surface area contributed by atoms with Gasteiger partial charge in [-0.15, -0.1) is 10.2 Å². The molecule has 26 heavy (non-hydrogen) atoms. The van der Waals surface area contributed by atoms with Crippen LogP contribution in [0.2, 0.25) is 5.02 Å². The second kappa shape index (κ2) is 7.23. The summed E-state index contributed by atoms with van der Waals surface area (Å²) in [5.41, 5.74) is 0.882. The maximum atomic E-state index is 10.9. The van der Waals surface area contributed by atoms with Crippen LogP contribution >= 0.6 is 11.6 Å². The molecular formula is C18H22ClN5O2.